The van der Waals surface area contributed by atoms with Gasteiger partial charge in [0, 0.05) is 28.8 Å². The Bertz CT molecular complexity index is 1050. The minimum absolute atomic E-state index is 0.0592. The van der Waals surface area contributed by atoms with Crippen molar-refractivity contribution >= 4 is 27.3 Å². The van der Waals surface area contributed by atoms with Gasteiger partial charge in [0.15, 0.2) is 0 Å². The van der Waals surface area contributed by atoms with Crippen LogP contribution in [0.1, 0.15) is 19.4 Å². The lowest BCUT2D eigenvalue weighted by Crippen LogP contribution is -2.19. The van der Waals surface area contributed by atoms with Gasteiger partial charge >= 0.3 is 0 Å². The molecule has 1 aromatic heterocycles. The largest absolute Gasteiger partial charge is 0.476 e. The molecule has 0 spiro atoms. The van der Waals surface area contributed by atoms with Crippen molar-refractivity contribution in [3.05, 3.63) is 71.2 Å². The highest BCUT2D eigenvalue weighted by Crippen LogP contribution is 2.21. The van der Waals surface area contributed by atoms with E-state index in [0.717, 1.165) is 17.5 Å². The van der Waals surface area contributed by atoms with E-state index in [1.54, 1.807) is 30.3 Å². The second-order valence-electron chi connectivity index (χ2n) is 7.34. The molecule has 158 valence electrons. The molecule has 30 heavy (non-hydrogen) atoms. The Hall–Kier alpha value is -2.64. The van der Waals surface area contributed by atoms with E-state index in [2.05, 4.69) is 14.9 Å². The number of benzene rings is 2. The van der Waals surface area contributed by atoms with E-state index in [1.165, 1.54) is 0 Å². The van der Waals surface area contributed by atoms with E-state index < -0.39 is 10.0 Å². The van der Waals surface area contributed by atoms with Crippen molar-refractivity contribution in [2.45, 2.75) is 20.3 Å². The smallest absolute Gasteiger partial charge is 0.233 e. The summed E-state index contributed by atoms with van der Waals surface area (Å²) in [4.78, 5) is 0. The number of hydrogen-bond donors (Lipinski definition) is 1. The van der Waals surface area contributed by atoms with Gasteiger partial charge in [0.05, 0.1) is 18.1 Å². The number of ether oxygens (including phenoxy) is 1. The maximum atomic E-state index is 12.0. The van der Waals surface area contributed by atoms with Gasteiger partial charge in [0.2, 0.25) is 15.9 Å². The third-order valence-electron chi connectivity index (χ3n) is 4.20. The number of anilines is 1. The molecular weight excluding hydrogens is 422 g/mol. The molecule has 1 heterocycles. The molecule has 0 amide bonds. The number of rotatable bonds is 9. The highest BCUT2D eigenvalue weighted by Gasteiger charge is 2.13. The van der Waals surface area contributed by atoms with Gasteiger partial charge in [-0.15, -0.1) is 10.2 Å². The molecule has 0 aliphatic heterocycles. The van der Waals surface area contributed by atoms with Gasteiger partial charge in [-0.25, -0.2) is 8.42 Å². The number of sulfonamides is 1. The molecule has 0 aliphatic carbocycles. The summed E-state index contributed by atoms with van der Waals surface area (Å²) in [6.07, 6.45) is 0.745. The fourth-order valence-corrected chi connectivity index (χ4v) is 4.43. The first-order chi connectivity index (χ1) is 14.3. The number of hydrogen-bond acceptors (Lipinski definition) is 5. The lowest BCUT2D eigenvalue weighted by atomic mass is 10.1. The summed E-state index contributed by atoms with van der Waals surface area (Å²) in [6.45, 7) is 4.22. The second-order valence-corrected chi connectivity index (χ2v) is 9.54. The highest BCUT2D eigenvalue weighted by molar-refractivity contribution is 7.92. The predicted octanol–water partition coefficient (Wildman–Crippen LogP) is 4.82. The number of nitrogens with zero attached hydrogens (tertiary/aromatic N) is 2. The zero-order valence-electron chi connectivity index (χ0n) is 16.9. The van der Waals surface area contributed by atoms with Gasteiger partial charge in [-0.3, -0.25) is 4.72 Å². The first kappa shape index (κ1) is 22.1. The second kappa shape index (κ2) is 9.91. The van der Waals surface area contributed by atoms with Gasteiger partial charge in [-0.05, 0) is 41.8 Å². The Balaban J connectivity index is 1.56. The summed E-state index contributed by atoms with van der Waals surface area (Å²) in [6, 6.07) is 18.3. The number of nitrogens with one attached hydrogen (secondary N) is 1. The Morgan fingerprint density at radius 2 is 1.67 bits per heavy atom. The van der Waals surface area contributed by atoms with Crippen LogP contribution in [0.4, 0.5) is 5.69 Å². The zero-order chi connectivity index (χ0) is 21.6. The zero-order valence-corrected chi connectivity index (χ0v) is 18.4. The summed E-state index contributed by atoms with van der Waals surface area (Å²) in [5.41, 5.74) is 3.17. The maximum absolute atomic E-state index is 12.0. The molecule has 0 bridgehead atoms. The molecule has 6 nitrogen and oxygen atoms in total. The lowest BCUT2D eigenvalue weighted by Gasteiger charge is -2.10. The third kappa shape index (κ3) is 6.71. The average molecular weight is 446 g/mol. The summed E-state index contributed by atoms with van der Waals surface area (Å²) >= 11 is 5.88. The molecule has 0 aliphatic rings. The summed E-state index contributed by atoms with van der Waals surface area (Å²) < 4.78 is 32.3. The minimum Gasteiger partial charge on any atom is -0.476 e. The van der Waals surface area contributed by atoms with Crippen molar-refractivity contribution in [3.63, 3.8) is 0 Å². The molecule has 0 saturated carbocycles. The molecule has 0 saturated heterocycles. The lowest BCUT2D eigenvalue weighted by molar-refractivity contribution is 0.306. The predicted molar refractivity (Wildman–Crippen MR) is 120 cm³/mol. The Morgan fingerprint density at radius 1 is 0.967 bits per heavy atom. The van der Waals surface area contributed by atoms with Gasteiger partial charge in [0.25, 0.3) is 0 Å². The Morgan fingerprint density at radius 3 is 2.27 bits per heavy atom. The molecule has 1 N–H and O–H groups in total. The molecule has 2 aromatic carbocycles. The number of halogens is 1. The number of aromatic nitrogens is 2. The minimum atomic E-state index is -3.35. The van der Waals surface area contributed by atoms with Crippen LogP contribution in [-0.4, -0.2) is 31.0 Å². The van der Waals surface area contributed by atoms with Crippen molar-refractivity contribution in [2.75, 3.05) is 17.1 Å². The van der Waals surface area contributed by atoms with Crippen molar-refractivity contribution in [1.82, 2.24) is 10.2 Å². The van der Waals surface area contributed by atoms with E-state index in [4.69, 9.17) is 16.3 Å². The van der Waals surface area contributed by atoms with Crippen LogP contribution in [0, 0.1) is 5.92 Å². The van der Waals surface area contributed by atoms with Crippen molar-refractivity contribution < 1.29 is 13.2 Å². The topological polar surface area (TPSA) is 81.2 Å². The summed E-state index contributed by atoms with van der Waals surface area (Å²) in [5, 5.41) is 9.02. The van der Waals surface area contributed by atoms with Gasteiger partial charge in [-0.2, -0.15) is 0 Å². The first-order valence-electron chi connectivity index (χ1n) is 9.63. The maximum Gasteiger partial charge on any atom is 0.233 e. The van der Waals surface area contributed by atoms with E-state index in [1.807, 2.05) is 44.2 Å². The SMILES string of the molecule is CC(C)CS(=O)(=O)Nc1ccc(-c2ccc(OCCc3ccc(Cl)cc3)nn2)cc1. The van der Waals surface area contributed by atoms with Crippen LogP contribution in [-0.2, 0) is 16.4 Å². The van der Waals surface area contributed by atoms with Crippen molar-refractivity contribution in [2.24, 2.45) is 5.92 Å². The van der Waals surface area contributed by atoms with Crippen LogP contribution in [0.2, 0.25) is 5.02 Å². The van der Waals surface area contributed by atoms with E-state index in [-0.39, 0.29) is 11.7 Å². The van der Waals surface area contributed by atoms with Crippen molar-refractivity contribution in [3.8, 4) is 17.1 Å². The fourth-order valence-electron chi connectivity index (χ4n) is 2.84. The molecule has 3 rings (SSSR count). The van der Waals surface area contributed by atoms with Crippen molar-refractivity contribution in [1.29, 1.82) is 0 Å². The fraction of sp³-hybridized carbons (Fsp3) is 0.273. The summed E-state index contributed by atoms with van der Waals surface area (Å²) in [7, 11) is -3.35. The van der Waals surface area contributed by atoms with Gasteiger partial charge < -0.3 is 4.74 Å². The van der Waals surface area contributed by atoms with E-state index in [9.17, 15) is 8.42 Å². The monoisotopic (exact) mass is 445 g/mol. The van der Waals surface area contributed by atoms with E-state index in [0.29, 0.717) is 28.9 Å². The van der Waals surface area contributed by atoms with Gasteiger partial charge in [0.1, 0.15) is 0 Å². The highest BCUT2D eigenvalue weighted by atomic mass is 35.5. The van der Waals surface area contributed by atoms with Crippen LogP contribution < -0.4 is 9.46 Å². The Labute approximate surface area is 182 Å². The molecule has 0 atom stereocenters. The molecule has 0 fully saturated rings. The Kier molecular flexibility index (Phi) is 7.29. The standard InChI is InChI=1S/C22H24ClN3O3S/c1-16(2)15-30(27,28)26-20-9-5-18(6-10-20)21-11-12-22(25-24-21)29-14-13-17-3-7-19(23)8-4-17/h3-12,16,26H,13-15H2,1-2H3. The molecule has 0 radical (unpaired) electrons. The normalized spacial score (nSPS) is 11.5. The average Bonchev–Trinajstić information content (AvgIpc) is 2.69. The molecule has 3 aromatic rings. The summed E-state index contributed by atoms with van der Waals surface area (Å²) in [5.74, 6) is 0.592. The van der Waals surface area contributed by atoms with Crippen LogP contribution in [0.25, 0.3) is 11.3 Å². The van der Waals surface area contributed by atoms with Crippen LogP contribution in [0.5, 0.6) is 5.88 Å². The van der Waals surface area contributed by atoms with Gasteiger partial charge in [-0.1, -0.05) is 49.7 Å². The molecular formula is C22H24ClN3O3S. The van der Waals surface area contributed by atoms with Crippen LogP contribution >= 0.6 is 11.6 Å². The quantitative estimate of drug-likeness (QED) is 0.510. The van der Waals surface area contributed by atoms with Crippen LogP contribution in [0.15, 0.2) is 60.7 Å². The molecule has 8 heteroatoms. The third-order valence-corrected chi connectivity index (χ3v) is 6.10. The van der Waals surface area contributed by atoms with E-state index >= 15 is 0 Å². The molecule has 0 unspecified atom stereocenters. The first-order valence-corrected chi connectivity index (χ1v) is 11.7. The van der Waals surface area contributed by atoms with Crippen LogP contribution in [0.3, 0.4) is 0 Å².